The van der Waals surface area contributed by atoms with Crippen LogP contribution in [0.2, 0.25) is 0 Å². The van der Waals surface area contributed by atoms with Gasteiger partial charge in [0.2, 0.25) is 0 Å². The molecule has 7 heteroatoms. The van der Waals surface area contributed by atoms with E-state index in [2.05, 4.69) is 11.2 Å². The minimum Gasteiger partial charge on any atom is -0.361 e. The molecular weight excluding hydrogens is 354 g/mol. The van der Waals surface area contributed by atoms with Crippen LogP contribution in [0.4, 0.5) is 0 Å². The Kier molecular flexibility index (Phi) is 3.68. The molecule has 0 aliphatic carbocycles. The third-order valence-electron chi connectivity index (χ3n) is 5.10. The maximum atomic E-state index is 13.1. The zero-order valence-corrected chi connectivity index (χ0v) is 15.7. The second-order valence-electron chi connectivity index (χ2n) is 7.05. The highest BCUT2D eigenvalue weighted by atomic mass is 16.5. The van der Waals surface area contributed by atoms with Crippen molar-refractivity contribution in [2.45, 2.75) is 20.0 Å². The zero-order valence-electron chi connectivity index (χ0n) is 15.7. The molecule has 140 valence electrons. The van der Waals surface area contributed by atoms with E-state index in [1.54, 1.807) is 17.9 Å². The van der Waals surface area contributed by atoms with Crippen LogP contribution in [0.1, 0.15) is 27.5 Å². The van der Waals surface area contributed by atoms with Gasteiger partial charge in [0, 0.05) is 42.3 Å². The number of nitrogens with zero attached hydrogens (tertiary/aromatic N) is 5. The molecule has 1 amide bonds. The summed E-state index contributed by atoms with van der Waals surface area (Å²) in [5, 5.41) is 8.74. The lowest BCUT2D eigenvalue weighted by molar-refractivity contribution is 0.0718. The molecule has 4 heterocycles. The summed E-state index contributed by atoms with van der Waals surface area (Å²) < 4.78 is 9.01. The molecule has 0 radical (unpaired) electrons. The first-order valence-electron chi connectivity index (χ1n) is 9.11. The molecule has 0 bridgehead atoms. The fourth-order valence-corrected chi connectivity index (χ4v) is 3.66. The summed E-state index contributed by atoms with van der Waals surface area (Å²) in [4.78, 5) is 14.9. The fraction of sp³-hybridized carbons (Fsp3) is 0.190. The van der Waals surface area contributed by atoms with Gasteiger partial charge < -0.3 is 14.0 Å². The molecule has 4 aromatic rings. The number of hydrogen-bond acceptors (Lipinski definition) is 4. The molecule has 1 aliphatic heterocycles. The van der Waals surface area contributed by atoms with E-state index in [0.29, 0.717) is 24.5 Å². The summed E-state index contributed by atoms with van der Waals surface area (Å²) in [7, 11) is 1.99. The predicted molar refractivity (Wildman–Crippen MR) is 103 cm³/mol. The van der Waals surface area contributed by atoms with Crippen molar-refractivity contribution in [1.29, 1.82) is 0 Å². The van der Waals surface area contributed by atoms with Crippen LogP contribution < -0.4 is 0 Å². The molecule has 0 unspecified atom stereocenters. The van der Waals surface area contributed by atoms with Gasteiger partial charge in [0.1, 0.15) is 5.76 Å². The lowest BCUT2D eigenvalue weighted by Gasteiger charge is -2.20. The second-order valence-corrected chi connectivity index (χ2v) is 7.05. The smallest absolute Gasteiger partial charge is 0.276 e. The summed E-state index contributed by atoms with van der Waals surface area (Å²) in [6, 6.07) is 13.7. The SMILES string of the molecule is Cc1cc(C(=O)N2Cc3cn(-c4ccccc4)nc3-c3ccn(C)c3C2)no1. The van der Waals surface area contributed by atoms with Gasteiger partial charge in [0.15, 0.2) is 5.69 Å². The fourth-order valence-electron chi connectivity index (χ4n) is 3.66. The molecule has 28 heavy (non-hydrogen) atoms. The summed E-state index contributed by atoms with van der Waals surface area (Å²) in [5.74, 6) is 0.472. The van der Waals surface area contributed by atoms with Crippen LogP contribution in [0.15, 0.2) is 59.4 Å². The number of fused-ring (bicyclic) bond motifs is 3. The van der Waals surface area contributed by atoms with Gasteiger partial charge in [0.25, 0.3) is 5.91 Å². The maximum Gasteiger partial charge on any atom is 0.276 e. The number of aryl methyl sites for hydroxylation is 2. The first kappa shape index (κ1) is 16.6. The predicted octanol–water partition coefficient (Wildman–Crippen LogP) is 3.33. The van der Waals surface area contributed by atoms with Crippen molar-refractivity contribution in [3.05, 3.63) is 77.6 Å². The highest BCUT2D eigenvalue weighted by molar-refractivity contribution is 5.92. The van der Waals surface area contributed by atoms with Gasteiger partial charge in [-0.1, -0.05) is 23.4 Å². The largest absolute Gasteiger partial charge is 0.361 e. The number of para-hydroxylation sites is 1. The highest BCUT2D eigenvalue weighted by Gasteiger charge is 2.29. The summed E-state index contributed by atoms with van der Waals surface area (Å²) in [5.41, 5.74) is 5.32. The van der Waals surface area contributed by atoms with Crippen LogP contribution in [-0.4, -0.2) is 30.3 Å². The molecule has 5 rings (SSSR count). The van der Waals surface area contributed by atoms with E-state index in [-0.39, 0.29) is 5.91 Å². The van der Waals surface area contributed by atoms with E-state index in [4.69, 9.17) is 9.62 Å². The van der Waals surface area contributed by atoms with E-state index in [0.717, 1.165) is 28.2 Å². The number of carbonyl (C=O) groups excluding carboxylic acids is 1. The van der Waals surface area contributed by atoms with Gasteiger partial charge in [-0.05, 0) is 25.1 Å². The van der Waals surface area contributed by atoms with Crippen molar-refractivity contribution in [2.75, 3.05) is 0 Å². The molecule has 0 atom stereocenters. The van der Waals surface area contributed by atoms with Crippen LogP contribution in [-0.2, 0) is 20.1 Å². The van der Waals surface area contributed by atoms with Crippen LogP contribution >= 0.6 is 0 Å². The number of hydrogen-bond donors (Lipinski definition) is 0. The Hall–Kier alpha value is -3.61. The average molecular weight is 373 g/mol. The summed E-state index contributed by atoms with van der Waals surface area (Å²) >= 11 is 0. The lowest BCUT2D eigenvalue weighted by atomic mass is 10.1. The number of benzene rings is 1. The van der Waals surface area contributed by atoms with Gasteiger partial charge in [0.05, 0.1) is 24.5 Å². The van der Waals surface area contributed by atoms with E-state index >= 15 is 0 Å². The quantitative estimate of drug-likeness (QED) is 0.540. The first-order chi connectivity index (χ1) is 13.6. The summed E-state index contributed by atoms with van der Waals surface area (Å²) in [6.07, 6.45) is 4.01. The van der Waals surface area contributed by atoms with Gasteiger partial charge >= 0.3 is 0 Å². The van der Waals surface area contributed by atoms with E-state index in [1.165, 1.54) is 0 Å². The minimum absolute atomic E-state index is 0.149. The number of aromatic nitrogens is 4. The van der Waals surface area contributed by atoms with Crippen molar-refractivity contribution < 1.29 is 9.32 Å². The van der Waals surface area contributed by atoms with Crippen molar-refractivity contribution >= 4 is 5.91 Å². The van der Waals surface area contributed by atoms with Crippen molar-refractivity contribution in [3.8, 4) is 16.9 Å². The monoisotopic (exact) mass is 373 g/mol. The van der Waals surface area contributed by atoms with E-state index < -0.39 is 0 Å². The van der Waals surface area contributed by atoms with Crippen LogP contribution in [0.25, 0.3) is 16.9 Å². The highest BCUT2D eigenvalue weighted by Crippen LogP contribution is 2.33. The molecule has 1 aromatic carbocycles. The molecule has 0 fully saturated rings. The molecule has 3 aromatic heterocycles. The van der Waals surface area contributed by atoms with Gasteiger partial charge in [-0.3, -0.25) is 4.79 Å². The molecule has 0 saturated carbocycles. The topological polar surface area (TPSA) is 69.1 Å². The second kappa shape index (κ2) is 6.23. The first-order valence-corrected chi connectivity index (χ1v) is 9.11. The lowest BCUT2D eigenvalue weighted by Crippen LogP contribution is -2.30. The van der Waals surface area contributed by atoms with Gasteiger partial charge in [-0.15, -0.1) is 0 Å². The average Bonchev–Trinajstić information content (AvgIpc) is 3.39. The number of carbonyl (C=O) groups is 1. The molecule has 7 nitrogen and oxygen atoms in total. The van der Waals surface area contributed by atoms with E-state index in [1.807, 2.05) is 59.0 Å². The molecule has 1 aliphatic rings. The molecule has 0 N–H and O–H groups in total. The Labute approximate surface area is 161 Å². The molecule has 0 saturated heterocycles. The maximum absolute atomic E-state index is 13.1. The van der Waals surface area contributed by atoms with Crippen LogP contribution in [0, 0.1) is 6.92 Å². The Bertz CT molecular complexity index is 1170. The third-order valence-corrected chi connectivity index (χ3v) is 5.10. The van der Waals surface area contributed by atoms with Gasteiger partial charge in [-0.25, -0.2) is 4.68 Å². The normalized spacial score (nSPS) is 13.1. The van der Waals surface area contributed by atoms with Crippen LogP contribution in [0.5, 0.6) is 0 Å². The molecule has 0 spiro atoms. The summed E-state index contributed by atoms with van der Waals surface area (Å²) in [6.45, 7) is 2.73. The van der Waals surface area contributed by atoms with Crippen molar-refractivity contribution in [1.82, 2.24) is 24.4 Å². The third kappa shape index (κ3) is 2.63. The number of amides is 1. The Balaban J connectivity index is 1.61. The van der Waals surface area contributed by atoms with E-state index in [9.17, 15) is 4.79 Å². The number of rotatable bonds is 2. The van der Waals surface area contributed by atoms with Crippen LogP contribution in [0.3, 0.4) is 0 Å². The standard InChI is InChI=1S/C21H19N5O2/c1-14-10-18(23-28-14)21(27)25-11-15-12-26(16-6-4-3-5-7-16)22-20(15)17-8-9-24(2)19(17)13-25/h3-10,12H,11,13H2,1-2H3. The van der Waals surface area contributed by atoms with Crippen molar-refractivity contribution in [2.24, 2.45) is 7.05 Å². The zero-order chi connectivity index (χ0) is 19.3. The molecular formula is C21H19N5O2. The Morgan fingerprint density at radius 1 is 1.14 bits per heavy atom. The Morgan fingerprint density at radius 2 is 1.96 bits per heavy atom. The Morgan fingerprint density at radius 3 is 2.71 bits per heavy atom. The van der Waals surface area contributed by atoms with Gasteiger partial charge in [-0.2, -0.15) is 5.10 Å². The van der Waals surface area contributed by atoms with Crippen molar-refractivity contribution in [3.63, 3.8) is 0 Å². The minimum atomic E-state index is -0.149.